The van der Waals surface area contributed by atoms with E-state index in [1.165, 1.54) is 24.2 Å². The van der Waals surface area contributed by atoms with Gasteiger partial charge in [-0.15, -0.1) is 0 Å². The van der Waals surface area contributed by atoms with Crippen molar-refractivity contribution >= 4 is 0 Å². The van der Waals surface area contributed by atoms with E-state index in [1.54, 1.807) is 0 Å². The van der Waals surface area contributed by atoms with Gasteiger partial charge in [-0.2, -0.15) is 0 Å². The Morgan fingerprint density at radius 1 is 1.25 bits per heavy atom. The molecule has 2 nitrogen and oxygen atoms in total. The Balaban J connectivity index is 2.82. The quantitative estimate of drug-likeness (QED) is 0.675. The number of aryl methyl sites for hydroxylation is 2. The van der Waals surface area contributed by atoms with Crippen LogP contribution in [0.15, 0.2) is 0 Å². The van der Waals surface area contributed by atoms with Crippen molar-refractivity contribution in [2.45, 2.75) is 47.1 Å². The molecule has 1 rings (SSSR count). The van der Waals surface area contributed by atoms with Gasteiger partial charge in [-0.1, -0.05) is 13.3 Å². The van der Waals surface area contributed by atoms with E-state index in [0.29, 0.717) is 0 Å². The van der Waals surface area contributed by atoms with Crippen LogP contribution >= 0.6 is 0 Å². The van der Waals surface area contributed by atoms with Crippen molar-refractivity contribution in [1.82, 2.24) is 9.55 Å². The van der Waals surface area contributed by atoms with E-state index in [1.807, 2.05) is 0 Å². The van der Waals surface area contributed by atoms with Crippen molar-refractivity contribution in [3.05, 3.63) is 17.2 Å². The number of imidazole rings is 1. The van der Waals surface area contributed by atoms with E-state index in [9.17, 15) is 0 Å². The van der Waals surface area contributed by atoms with Crippen LogP contribution in [0.4, 0.5) is 0 Å². The fourth-order valence-corrected chi connectivity index (χ4v) is 1.47. The maximum absolute atomic E-state index is 4.43. The molecular weight excluding hydrogens is 148 g/mol. The summed E-state index contributed by atoms with van der Waals surface area (Å²) in [5.74, 6) is 1.15. The van der Waals surface area contributed by atoms with Crippen molar-refractivity contribution in [3.8, 4) is 0 Å². The molecule has 1 aromatic heterocycles. The molecule has 0 radical (unpaired) electrons. The minimum Gasteiger partial charge on any atom is -0.332 e. The van der Waals surface area contributed by atoms with Crippen LogP contribution in [0.5, 0.6) is 0 Å². The first-order valence-corrected chi connectivity index (χ1v) is 4.67. The molecule has 0 saturated carbocycles. The first-order chi connectivity index (χ1) is 5.66. The predicted molar refractivity (Wildman–Crippen MR) is 51.3 cm³/mol. The van der Waals surface area contributed by atoms with Gasteiger partial charge in [-0.3, -0.25) is 0 Å². The number of nitrogens with zero attached hydrogens (tertiary/aromatic N) is 2. The predicted octanol–water partition coefficient (Wildman–Crippen LogP) is 2.61. The molecule has 0 aliphatic carbocycles. The third kappa shape index (κ3) is 1.68. The van der Waals surface area contributed by atoms with Crippen molar-refractivity contribution in [2.75, 3.05) is 0 Å². The molecule has 0 amide bonds. The molecule has 0 aliphatic rings. The highest BCUT2D eigenvalue weighted by atomic mass is 15.1. The Morgan fingerprint density at radius 2 is 1.92 bits per heavy atom. The summed E-state index contributed by atoms with van der Waals surface area (Å²) in [6.45, 7) is 9.63. The van der Waals surface area contributed by atoms with Gasteiger partial charge in [-0.05, 0) is 27.2 Å². The highest BCUT2D eigenvalue weighted by molar-refractivity contribution is 5.13. The minimum atomic E-state index is 1.12. The van der Waals surface area contributed by atoms with Gasteiger partial charge >= 0.3 is 0 Å². The lowest BCUT2D eigenvalue weighted by Gasteiger charge is -2.05. The first kappa shape index (κ1) is 9.30. The summed E-state index contributed by atoms with van der Waals surface area (Å²) in [7, 11) is 0. The second-order valence-electron chi connectivity index (χ2n) is 3.34. The molecule has 0 N–H and O–H groups in total. The lowest BCUT2D eigenvalue weighted by Crippen LogP contribution is -2.02. The van der Waals surface area contributed by atoms with Gasteiger partial charge in [0.2, 0.25) is 0 Å². The van der Waals surface area contributed by atoms with E-state index >= 15 is 0 Å². The highest BCUT2D eigenvalue weighted by Gasteiger charge is 2.05. The summed E-state index contributed by atoms with van der Waals surface area (Å²) in [6.07, 6.45) is 2.49. The average molecular weight is 166 g/mol. The summed E-state index contributed by atoms with van der Waals surface area (Å²) >= 11 is 0. The lowest BCUT2D eigenvalue weighted by atomic mass is 10.3. The molecule has 2 heteroatoms. The number of hydrogen-bond acceptors (Lipinski definition) is 1. The Labute approximate surface area is 74.6 Å². The lowest BCUT2D eigenvalue weighted by molar-refractivity contribution is 0.604. The van der Waals surface area contributed by atoms with Gasteiger partial charge in [0, 0.05) is 12.2 Å². The fourth-order valence-electron chi connectivity index (χ4n) is 1.47. The number of unbranched alkanes of at least 4 members (excludes halogenated alkanes) is 1. The van der Waals surface area contributed by atoms with Gasteiger partial charge in [0.05, 0.1) is 5.69 Å². The minimum absolute atomic E-state index is 1.12. The van der Waals surface area contributed by atoms with Crippen molar-refractivity contribution in [2.24, 2.45) is 0 Å². The second kappa shape index (κ2) is 3.74. The van der Waals surface area contributed by atoms with E-state index in [4.69, 9.17) is 0 Å². The Hall–Kier alpha value is -0.790. The molecule has 0 bridgehead atoms. The molecule has 0 aliphatic heterocycles. The van der Waals surface area contributed by atoms with Crippen molar-refractivity contribution < 1.29 is 0 Å². The largest absolute Gasteiger partial charge is 0.332 e. The Morgan fingerprint density at radius 3 is 2.33 bits per heavy atom. The van der Waals surface area contributed by atoms with Gasteiger partial charge in [-0.25, -0.2) is 4.98 Å². The summed E-state index contributed by atoms with van der Waals surface area (Å²) in [5, 5.41) is 0. The van der Waals surface area contributed by atoms with Crippen LogP contribution in [-0.4, -0.2) is 9.55 Å². The van der Waals surface area contributed by atoms with Crippen LogP contribution in [0.2, 0.25) is 0 Å². The molecule has 0 aromatic carbocycles. The number of rotatable bonds is 3. The summed E-state index contributed by atoms with van der Waals surface area (Å²) < 4.78 is 2.30. The summed E-state index contributed by atoms with van der Waals surface area (Å²) in [5.41, 5.74) is 2.49. The molecule has 12 heavy (non-hydrogen) atoms. The third-order valence-electron chi connectivity index (χ3n) is 2.38. The van der Waals surface area contributed by atoms with Gasteiger partial charge in [0.15, 0.2) is 0 Å². The molecule has 0 unspecified atom stereocenters. The van der Waals surface area contributed by atoms with Crippen LogP contribution in [0.3, 0.4) is 0 Å². The Kier molecular flexibility index (Phi) is 2.90. The third-order valence-corrected chi connectivity index (χ3v) is 2.38. The van der Waals surface area contributed by atoms with Crippen LogP contribution in [0, 0.1) is 20.8 Å². The molecular formula is C10H18N2. The standard InChI is InChI=1S/C10H18N2/c1-5-6-7-12-9(3)8(2)11-10(12)4/h5-7H2,1-4H3. The van der Waals surface area contributed by atoms with E-state index in [0.717, 1.165) is 12.4 Å². The maximum atomic E-state index is 4.43. The molecule has 0 atom stereocenters. The topological polar surface area (TPSA) is 17.8 Å². The Bertz CT molecular complexity index is 261. The average Bonchev–Trinajstić information content (AvgIpc) is 2.25. The fraction of sp³-hybridized carbons (Fsp3) is 0.700. The van der Waals surface area contributed by atoms with E-state index in [-0.39, 0.29) is 0 Å². The highest BCUT2D eigenvalue weighted by Crippen LogP contribution is 2.10. The number of hydrogen-bond donors (Lipinski definition) is 0. The van der Waals surface area contributed by atoms with Crippen molar-refractivity contribution in [1.29, 1.82) is 0 Å². The van der Waals surface area contributed by atoms with Gasteiger partial charge in [0.25, 0.3) is 0 Å². The van der Waals surface area contributed by atoms with Crippen molar-refractivity contribution in [3.63, 3.8) is 0 Å². The molecule has 1 heterocycles. The molecule has 68 valence electrons. The smallest absolute Gasteiger partial charge is 0.106 e. The van der Waals surface area contributed by atoms with Crippen LogP contribution in [0.1, 0.15) is 37.0 Å². The normalized spacial score (nSPS) is 10.7. The summed E-state index contributed by atoms with van der Waals surface area (Å²) in [6, 6.07) is 0. The summed E-state index contributed by atoms with van der Waals surface area (Å²) in [4.78, 5) is 4.43. The monoisotopic (exact) mass is 166 g/mol. The molecule has 0 spiro atoms. The van der Waals surface area contributed by atoms with Gasteiger partial charge in [0.1, 0.15) is 5.82 Å². The first-order valence-electron chi connectivity index (χ1n) is 4.67. The van der Waals surface area contributed by atoms with Crippen LogP contribution in [0.25, 0.3) is 0 Å². The van der Waals surface area contributed by atoms with Crippen LogP contribution < -0.4 is 0 Å². The van der Waals surface area contributed by atoms with Crippen LogP contribution in [-0.2, 0) is 6.54 Å². The zero-order chi connectivity index (χ0) is 9.14. The molecule has 0 saturated heterocycles. The number of aromatic nitrogens is 2. The van der Waals surface area contributed by atoms with Gasteiger partial charge < -0.3 is 4.57 Å². The molecule has 1 aromatic rings. The zero-order valence-corrected chi connectivity index (χ0v) is 8.52. The SMILES string of the molecule is CCCCn1c(C)nc(C)c1C. The maximum Gasteiger partial charge on any atom is 0.106 e. The zero-order valence-electron chi connectivity index (χ0n) is 8.52. The van der Waals surface area contributed by atoms with E-state index in [2.05, 4.69) is 37.2 Å². The van der Waals surface area contributed by atoms with E-state index < -0.39 is 0 Å². The molecule has 0 fully saturated rings. The second-order valence-corrected chi connectivity index (χ2v) is 3.34.